The van der Waals surface area contributed by atoms with Crippen molar-refractivity contribution in [2.24, 2.45) is 11.1 Å². The number of hydrogen-bond donors (Lipinski definition) is 1. The first-order valence-electron chi connectivity index (χ1n) is 7.03. The Hall–Kier alpha value is -1.09. The lowest BCUT2D eigenvalue weighted by atomic mass is 9.90. The molecule has 2 nitrogen and oxygen atoms in total. The number of rotatable bonds is 5. The fourth-order valence-electron chi connectivity index (χ4n) is 2.35. The summed E-state index contributed by atoms with van der Waals surface area (Å²) < 4.78 is 5.84. The van der Waals surface area contributed by atoms with Crippen molar-refractivity contribution in [1.29, 1.82) is 0 Å². The summed E-state index contributed by atoms with van der Waals surface area (Å²) in [4.78, 5) is 0.557. The SMILES string of the molecule is CC(C)(CCOc1ccc2c(c1)CCCC2)C(N)=S. The molecule has 0 heterocycles. The fraction of sp³-hybridized carbons (Fsp3) is 0.562. The minimum absolute atomic E-state index is 0.135. The Morgan fingerprint density at radius 1 is 1.26 bits per heavy atom. The van der Waals surface area contributed by atoms with Crippen LogP contribution in [0.4, 0.5) is 0 Å². The molecule has 3 heteroatoms. The molecule has 2 rings (SSSR count). The maximum atomic E-state index is 5.84. The van der Waals surface area contributed by atoms with Gasteiger partial charge < -0.3 is 10.5 Å². The molecule has 0 saturated heterocycles. The van der Waals surface area contributed by atoms with Gasteiger partial charge in [-0.1, -0.05) is 32.1 Å². The highest BCUT2D eigenvalue weighted by molar-refractivity contribution is 7.80. The van der Waals surface area contributed by atoms with E-state index in [9.17, 15) is 0 Å². The summed E-state index contributed by atoms with van der Waals surface area (Å²) in [6, 6.07) is 6.49. The van der Waals surface area contributed by atoms with Crippen LogP contribution >= 0.6 is 12.2 Å². The van der Waals surface area contributed by atoms with Gasteiger partial charge in [0.15, 0.2) is 0 Å². The molecule has 0 amide bonds. The predicted molar refractivity (Wildman–Crippen MR) is 83.8 cm³/mol. The number of fused-ring (bicyclic) bond motifs is 1. The standard InChI is InChI=1S/C16H23NOS/c1-16(2,15(17)19)9-10-18-14-8-7-12-5-3-4-6-13(12)11-14/h7-8,11H,3-6,9-10H2,1-2H3,(H2,17,19). The molecule has 19 heavy (non-hydrogen) atoms. The fourth-order valence-corrected chi connectivity index (χ4v) is 2.45. The van der Waals surface area contributed by atoms with E-state index in [1.165, 1.54) is 36.8 Å². The molecule has 0 fully saturated rings. The number of hydrogen-bond acceptors (Lipinski definition) is 2. The van der Waals surface area contributed by atoms with Crippen LogP contribution in [0.5, 0.6) is 5.75 Å². The van der Waals surface area contributed by atoms with Crippen LogP contribution in [0.3, 0.4) is 0 Å². The van der Waals surface area contributed by atoms with Crippen molar-refractivity contribution in [1.82, 2.24) is 0 Å². The summed E-state index contributed by atoms with van der Waals surface area (Å²) >= 11 is 5.06. The first-order chi connectivity index (χ1) is 8.99. The van der Waals surface area contributed by atoms with Gasteiger partial charge in [0.1, 0.15) is 5.75 Å². The van der Waals surface area contributed by atoms with Crippen molar-refractivity contribution < 1.29 is 4.74 Å². The summed E-state index contributed by atoms with van der Waals surface area (Å²) in [5, 5.41) is 0. The van der Waals surface area contributed by atoms with E-state index in [-0.39, 0.29) is 5.41 Å². The Labute approximate surface area is 121 Å². The molecule has 0 radical (unpaired) electrons. The highest BCUT2D eigenvalue weighted by Gasteiger charge is 2.21. The summed E-state index contributed by atoms with van der Waals surface area (Å²) in [5.74, 6) is 0.972. The van der Waals surface area contributed by atoms with Gasteiger partial charge in [-0.25, -0.2) is 0 Å². The number of benzene rings is 1. The molecule has 104 valence electrons. The van der Waals surface area contributed by atoms with Crippen molar-refractivity contribution >= 4 is 17.2 Å². The Morgan fingerprint density at radius 3 is 2.63 bits per heavy atom. The predicted octanol–water partition coefficient (Wildman–Crippen LogP) is 3.65. The molecule has 1 aliphatic rings. The van der Waals surface area contributed by atoms with Crippen LogP contribution in [0.2, 0.25) is 0 Å². The minimum atomic E-state index is -0.135. The zero-order chi connectivity index (χ0) is 13.9. The summed E-state index contributed by atoms with van der Waals surface area (Å²) in [6.45, 7) is 4.78. The van der Waals surface area contributed by atoms with E-state index < -0.39 is 0 Å². The van der Waals surface area contributed by atoms with Crippen LogP contribution in [0.15, 0.2) is 18.2 Å². The van der Waals surface area contributed by atoms with Gasteiger partial charge in [0.2, 0.25) is 0 Å². The Morgan fingerprint density at radius 2 is 1.95 bits per heavy atom. The summed E-state index contributed by atoms with van der Waals surface area (Å²) in [7, 11) is 0. The van der Waals surface area contributed by atoms with E-state index in [0.717, 1.165) is 12.2 Å². The molecule has 1 aromatic rings. The monoisotopic (exact) mass is 277 g/mol. The van der Waals surface area contributed by atoms with Crippen LogP contribution in [0.1, 0.15) is 44.2 Å². The highest BCUT2D eigenvalue weighted by Crippen LogP contribution is 2.26. The van der Waals surface area contributed by atoms with Crippen LogP contribution in [0, 0.1) is 5.41 Å². The molecular formula is C16H23NOS. The molecule has 0 atom stereocenters. The van der Waals surface area contributed by atoms with Gasteiger partial charge in [0, 0.05) is 5.41 Å². The van der Waals surface area contributed by atoms with Gasteiger partial charge in [-0.15, -0.1) is 0 Å². The quantitative estimate of drug-likeness (QED) is 0.834. The lowest BCUT2D eigenvalue weighted by Gasteiger charge is -2.23. The average molecular weight is 277 g/mol. The third-order valence-electron chi connectivity index (χ3n) is 3.98. The number of aryl methyl sites for hydroxylation is 2. The Balaban J connectivity index is 1.92. The highest BCUT2D eigenvalue weighted by atomic mass is 32.1. The molecule has 0 saturated carbocycles. The molecule has 0 spiro atoms. The number of nitrogens with two attached hydrogens (primary N) is 1. The second-order valence-corrected chi connectivity index (χ2v) is 6.42. The smallest absolute Gasteiger partial charge is 0.119 e. The summed E-state index contributed by atoms with van der Waals surface area (Å²) in [5.41, 5.74) is 8.53. The van der Waals surface area contributed by atoms with Crippen LogP contribution in [0.25, 0.3) is 0 Å². The second kappa shape index (κ2) is 5.91. The van der Waals surface area contributed by atoms with Gasteiger partial charge in [-0.05, 0) is 55.4 Å². The minimum Gasteiger partial charge on any atom is -0.494 e. The molecule has 1 aliphatic carbocycles. The first kappa shape index (κ1) is 14.3. The van der Waals surface area contributed by atoms with Crippen molar-refractivity contribution in [2.45, 2.75) is 46.0 Å². The third kappa shape index (κ3) is 3.69. The average Bonchev–Trinajstić information content (AvgIpc) is 2.38. The molecule has 0 bridgehead atoms. The molecule has 2 N–H and O–H groups in total. The van der Waals surface area contributed by atoms with Crippen molar-refractivity contribution in [3.63, 3.8) is 0 Å². The molecule has 0 unspecified atom stereocenters. The van der Waals surface area contributed by atoms with Crippen molar-refractivity contribution in [3.8, 4) is 5.75 Å². The lowest BCUT2D eigenvalue weighted by molar-refractivity contribution is 0.270. The van der Waals surface area contributed by atoms with Crippen molar-refractivity contribution in [3.05, 3.63) is 29.3 Å². The number of ether oxygens (including phenoxy) is 1. The van der Waals surface area contributed by atoms with E-state index in [4.69, 9.17) is 22.7 Å². The van der Waals surface area contributed by atoms with E-state index >= 15 is 0 Å². The zero-order valence-electron chi connectivity index (χ0n) is 11.9. The normalized spacial score (nSPS) is 14.8. The topological polar surface area (TPSA) is 35.2 Å². The Bertz CT molecular complexity index is 468. The zero-order valence-corrected chi connectivity index (χ0v) is 12.7. The van der Waals surface area contributed by atoms with E-state index in [1.54, 1.807) is 0 Å². The van der Waals surface area contributed by atoms with Gasteiger partial charge in [-0.2, -0.15) is 0 Å². The van der Waals surface area contributed by atoms with Gasteiger partial charge in [-0.3, -0.25) is 0 Å². The van der Waals surface area contributed by atoms with E-state index in [2.05, 4.69) is 32.0 Å². The first-order valence-corrected chi connectivity index (χ1v) is 7.44. The van der Waals surface area contributed by atoms with Crippen molar-refractivity contribution in [2.75, 3.05) is 6.61 Å². The van der Waals surface area contributed by atoms with Gasteiger partial charge in [0.05, 0.1) is 11.6 Å². The number of thiocarbonyl (C=S) groups is 1. The Kier molecular flexibility index (Phi) is 4.46. The molecule has 0 aliphatic heterocycles. The summed E-state index contributed by atoms with van der Waals surface area (Å²) in [6.07, 6.45) is 5.86. The molecule has 0 aromatic heterocycles. The second-order valence-electron chi connectivity index (χ2n) is 5.98. The van der Waals surface area contributed by atoms with Gasteiger partial charge in [0.25, 0.3) is 0 Å². The molecule has 1 aromatic carbocycles. The van der Waals surface area contributed by atoms with Crippen LogP contribution in [-0.2, 0) is 12.8 Å². The van der Waals surface area contributed by atoms with E-state index in [0.29, 0.717) is 11.6 Å². The van der Waals surface area contributed by atoms with E-state index in [1.807, 2.05) is 0 Å². The van der Waals surface area contributed by atoms with Crippen LogP contribution in [-0.4, -0.2) is 11.6 Å². The lowest BCUT2D eigenvalue weighted by Crippen LogP contribution is -2.31. The maximum absolute atomic E-state index is 5.84. The van der Waals surface area contributed by atoms with Gasteiger partial charge >= 0.3 is 0 Å². The van der Waals surface area contributed by atoms with Crippen LogP contribution < -0.4 is 10.5 Å². The maximum Gasteiger partial charge on any atom is 0.119 e. The third-order valence-corrected chi connectivity index (χ3v) is 4.54. The largest absolute Gasteiger partial charge is 0.494 e. The molecular weight excluding hydrogens is 254 g/mol.